The SMILES string of the molecule is CCCCC(CC)CC(=O)C1CC2CCCCC2N1. The average molecular weight is 265 g/mol. The first-order valence-electron chi connectivity index (χ1n) is 8.53. The zero-order chi connectivity index (χ0) is 13.7. The van der Waals surface area contributed by atoms with Crippen LogP contribution in [0.1, 0.15) is 78.1 Å². The lowest BCUT2D eigenvalue weighted by Gasteiger charge is -2.24. The number of ketones is 1. The van der Waals surface area contributed by atoms with Crippen molar-refractivity contribution in [1.29, 1.82) is 0 Å². The van der Waals surface area contributed by atoms with Crippen LogP contribution in [0.15, 0.2) is 0 Å². The second kappa shape index (κ2) is 7.42. The highest BCUT2D eigenvalue weighted by atomic mass is 16.1. The van der Waals surface area contributed by atoms with E-state index < -0.39 is 0 Å². The maximum atomic E-state index is 12.5. The predicted molar refractivity (Wildman–Crippen MR) is 80.2 cm³/mol. The van der Waals surface area contributed by atoms with Gasteiger partial charge in [-0.05, 0) is 31.1 Å². The number of Topliss-reactive ketones (excluding diaryl/α,β-unsaturated/α-hetero) is 1. The third-order valence-electron chi connectivity index (χ3n) is 5.28. The molecule has 1 saturated carbocycles. The molecule has 0 aromatic rings. The molecule has 1 N–H and O–H groups in total. The smallest absolute Gasteiger partial charge is 0.150 e. The van der Waals surface area contributed by atoms with E-state index in [4.69, 9.17) is 0 Å². The third kappa shape index (κ3) is 4.05. The molecule has 2 aliphatic rings. The molecule has 4 atom stereocenters. The van der Waals surface area contributed by atoms with Gasteiger partial charge in [-0.2, -0.15) is 0 Å². The van der Waals surface area contributed by atoms with Gasteiger partial charge in [-0.25, -0.2) is 0 Å². The van der Waals surface area contributed by atoms with Crippen LogP contribution in [-0.4, -0.2) is 17.9 Å². The number of hydrogen-bond acceptors (Lipinski definition) is 2. The molecule has 0 bridgehead atoms. The van der Waals surface area contributed by atoms with E-state index in [-0.39, 0.29) is 6.04 Å². The summed E-state index contributed by atoms with van der Waals surface area (Å²) in [7, 11) is 0. The van der Waals surface area contributed by atoms with E-state index in [1.165, 1.54) is 44.9 Å². The lowest BCUT2D eigenvalue weighted by molar-refractivity contribution is -0.121. The summed E-state index contributed by atoms with van der Waals surface area (Å²) < 4.78 is 0. The lowest BCUT2D eigenvalue weighted by atomic mass is 9.84. The second-order valence-electron chi connectivity index (χ2n) is 6.69. The summed E-state index contributed by atoms with van der Waals surface area (Å²) in [5.41, 5.74) is 0. The van der Waals surface area contributed by atoms with Crippen molar-refractivity contribution in [2.24, 2.45) is 11.8 Å². The van der Waals surface area contributed by atoms with Gasteiger partial charge in [0.25, 0.3) is 0 Å². The molecule has 2 heteroatoms. The van der Waals surface area contributed by atoms with Crippen LogP contribution in [0.4, 0.5) is 0 Å². The fraction of sp³-hybridized carbons (Fsp3) is 0.941. The van der Waals surface area contributed by atoms with Crippen molar-refractivity contribution in [3.8, 4) is 0 Å². The lowest BCUT2D eigenvalue weighted by Crippen LogP contribution is -2.37. The Bertz CT molecular complexity index is 275. The molecule has 2 rings (SSSR count). The molecule has 1 aliphatic heterocycles. The molecule has 19 heavy (non-hydrogen) atoms. The van der Waals surface area contributed by atoms with E-state index in [2.05, 4.69) is 19.2 Å². The van der Waals surface area contributed by atoms with Gasteiger partial charge in [0.2, 0.25) is 0 Å². The molecule has 1 saturated heterocycles. The standard InChI is InChI=1S/C17H31NO/c1-3-5-8-13(4-2)11-17(19)16-12-14-9-6-7-10-15(14)18-16/h13-16,18H,3-12H2,1-2H3. The van der Waals surface area contributed by atoms with Crippen LogP contribution >= 0.6 is 0 Å². The minimum Gasteiger partial charge on any atom is -0.304 e. The maximum Gasteiger partial charge on any atom is 0.150 e. The summed E-state index contributed by atoms with van der Waals surface area (Å²) in [4.78, 5) is 12.5. The number of fused-ring (bicyclic) bond motifs is 1. The Morgan fingerprint density at radius 1 is 1.26 bits per heavy atom. The fourth-order valence-corrected chi connectivity index (χ4v) is 3.93. The van der Waals surface area contributed by atoms with E-state index in [1.807, 2.05) is 0 Å². The van der Waals surface area contributed by atoms with E-state index in [1.54, 1.807) is 0 Å². The highest BCUT2D eigenvalue weighted by molar-refractivity contribution is 5.84. The molecule has 0 radical (unpaired) electrons. The summed E-state index contributed by atoms with van der Waals surface area (Å²) in [6.07, 6.45) is 12.2. The number of rotatable bonds is 7. The van der Waals surface area contributed by atoms with Gasteiger partial charge in [-0.3, -0.25) is 4.79 Å². The van der Waals surface area contributed by atoms with Crippen LogP contribution in [0.2, 0.25) is 0 Å². The second-order valence-corrected chi connectivity index (χ2v) is 6.69. The monoisotopic (exact) mass is 265 g/mol. The van der Waals surface area contributed by atoms with Crippen molar-refractivity contribution in [1.82, 2.24) is 5.32 Å². The fourth-order valence-electron chi connectivity index (χ4n) is 3.93. The van der Waals surface area contributed by atoms with Crippen molar-refractivity contribution in [3.05, 3.63) is 0 Å². The van der Waals surface area contributed by atoms with Gasteiger partial charge in [0.15, 0.2) is 0 Å². The van der Waals surface area contributed by atoms with E-state index in [9.17, 15) is 4.79 Å². The molecular weight excluding hydrogens is 234 g/mol. The highest BCUT2D eigenvalue weighted by Gasteiger charge is 2.38. The van der Waals surface area contributed by atoms with Crippen molar-refractivity contribution in [2.75, 3.05) is 0 Å². The van der Waals surface area contributed by atoms with Gasteiger partial charge >= 0.3 is 0 Å². The largest absolute Gasteiger partial charge is 0.304 e. The van der Waals surface area contributed by atoms with Gasteiger partial charge in [-0.1, -0.05) is 52.4 Å². The predicted octanol–water partition coefficient (Wildman–Crippen LogP) is 4.08. The first-order chi connectivity index (χ1) is 9.24. The molecule has 0 spiro atoms. The van der Waals surface area contributed by atoms with Gasteiger partial charge in [-0.15, -0.1) is 0 Å². The van der Waals surface area contributed by atoms with Crippen LogP contribution in [0.5, 0.6) is 0 Å². The number of carbonyl (C=O) groups excluding carboxylic acids is 1. The molecule has 1 heterocycles. The van der Waals surface area contributed by atoms with Gasteiger partial charge in [0, 0.05) is 12.5 Å². The number of carbonyl (C=O) groups is 1. The van der Waals surface area contributed by atoms with Crippen LogP contribution in [0.3, 0.4) is 0 Å². The molecular formula is C17H31NO. The molecule has 110 valence electrons. The van der Waals surface area contributed by atoms with Gasteiger partial charge in [0.1, 0.15) is 5.78 Å². The van der Waals surface area contributed by atoms with Crippen molar-refractivity contribution in [3.63, 3.8) is 0 Å². The normalized spacial score (nSPS) is 32.0. The maximum absolute atomic E-state index is 12.5. The summed E-state index contributed by atoms with van der Waals surface area (Å²) in [6.45, 7) is 4.47. The van der Waals surface area contributed by atoms with Gasteiger partial charge in [0.05, 0.1) is 6.04 Å². The zero-order valence-electron chi connectivity index (χ0n) is 12.8. The first-order valence-corrected chi connectivity index (χ1v) is 8.53. The van der Waals surface area contributed by atoms with E-state index in [0.29, 0.717) is 17.7 Å². The molecule has 0 amide bonds. The Morgan fingerprint density at radius 2 is 2.05 bits per heavy atom. The third-order valence-corrected chi connectivity index (χ3v) is 5.28. The molecule has 1 aliphatic carbocycles. The average Bonchev–Trinajstić information content (AvgIpc) is 2.87. The Balaban J connectivity index is 1.79. The van der Waals surface area contributed by atoms with Crippen molar-refractivity contribution >= 4 is 5.78 Å². The number of nitrogens with one attached hydrogen (secondary N) is 1. The summed E-state index contributed by atoms with van der Waals surface area (Å²) in [6, 6.07) is 0.835. The quantitative estimate of drug-likeness (QED) is 0.751. The molecule has 2 nitrogen and oxygen atoms in total. The number of hydrogen-bond donors (Lipinski definition) is 1. The first kappa shape index (κ1) is 15.0. The Hall–Kier alpha value is -0.370. The summed E-state index contributed by atoms with van der Waals surface area (Å²) >= 11 is 0. The van der Waals surface area contributed by atoms with E-state index in [0.717, 1.165) is 25.2 Å². The Labute approximate surface area is 118 Å². The van der Waals surface area contributed by atoms with Crippen LogP contribution in [0, 0.1) is 11.8 Å². The van der Waals surface area contributed by atoms with Gasteiger partial charge < -0.3 is 5.32 Å². The van der Waals surface area contributed by atoms with Crippen LogP contribution < -0.4 is 5.32 Å². The van der Waals surface area contributed by atoms with Crippen molar-refractivity contribution < 1.29 is 4.79 Å². The van der Waals surface area contributed by atoms with E-state index >= 15 is 0 Å². The minimum atomic E-state index is 0.184. The van der Waals surface area contributed by atoms with Crippen LogP contribution in [-0.2, 0) is 4.79 Å². The summed E-state index contributed by atoms with van der Waals surface area (Å²) in [5.74, 6) is 1.91. The minimum absolute atomic E-state index is 0.184. The van der Waals surface area contributed by atoms with Crippen LogP contribution in [0.25, 0.3) is 0 Å². The topological polar surface area (TPSA) is 29.1 Å². The highest BCUT2D eigenvalue weighted by Crippen LogP contribution is 2.34. The summed E-state index contributed by atoms with van der Waals surface area (Å²) in [5, 5.41) is 3.63. The molecule has 2 fully saturated rings. The van der Waals surface area contributed by atoms with Crippen molar-refractivity contribution in [2.45, 2.75) is 90.1 Å². The molecule has 0 aromatic carbocycles. The zero-order valence-corrected chi connectivity index (χ0v) is 12.8. The number of unbranched alkanes of at least 4 members (excludes halogenated alkanes) is 1. The Kier molecular flexibility index (Phi) is 5.87. The molecule has 4 unspecified atom stereocenters. The Morgan fingerprint density at radius 3 is 2.74 bits per heavy atom. The molecule has 0 aromatic heterocycles.